The highest BCUT2D eigenvalue weighted by Gasteiger charge is 2.56. The number of aromatic nitrogens is 2. The van der Waals surface area contributed by atoms with E-state index in [4.69, 9.17) is 4.74 Å². The Labute approximate surface area is 196 Å². The number of amides is 3. The molecular weight excluding hydrogens is 467 g/mol. The number of rotatable bonds is 7. The number of ether oxygens (including phenoxy) is 1. The molecule has 1 aromatic heterocycles. The maximum Gasteiger partial charge on any atom is 0.240 e. The lowest BCUT2D eigenvalue weighted by Crippen LogP contribution is -2.35. The van der Waals surface area contributed by atoms with Crippen molar-refractivity contribution in [2.24, 2.45) is 5.41 Å². The van der Waals surface area contributed by atoms with E-state index in [9.17, 15) is 27.6 Å². The molecular formula is C23H18F3N5O4. The van der Waals surface area contributed by atoms with Gasteiger partial charge in [0.1, 0.15) is 11.2 Å². The van der Waals surface area contributed by atoms with Gasteiger partial charge in [0.2, 0.25) is 29.5 Å². The van der Waals surface area contributed by atoms with Crippen LogP contribution in [-0.4, -0.2) is 27.7 Å². The minimum atomic E-state index is -1.45. The van der Waals surface area contributed by atoms with E-state index in [0.717, 1.165) is 12.1 Å². The first-order valence-corrected chi connectivity index (χ1v) is 10.3. The first-order chi connectivity index (χ1) is 16.7. The lowest BCUT2D eigenvalue weighted by atomic mass is 10.0. The predicted molar refractivity (Wildman–Crippen MR) is 118 cm³/mol. The zero-order valence-corrected chi connectivity index (χ0v) is 18.2. The fourth-order valence-electron chi connectivity index (χ4n) is 3.14. The van der Waals surface area contributed by atoms with Gasteiger partial charge in [-0.3, -0.25) is 19.7 Å². The third-order valence-corrected chi connectivity index (χ3v) is 5.12. The first kappa shape index (κ1) is 23.7. The molecule has 4 rings (SSSR count). The van der Waals surface area contributed by atoms with E-state index >= 15 is 0 Å². The molecule has 0 radical (unpaired) electrons. The Balaban J connectivity index is 1.46. The van der Waals surface area contributed by atoms with Gasteiger partial charge in [-0.25, -0.2) is 18.2 Å². The summed E-state index contributed by atoms with van der Waals surface area (Å²) in [5, 5.41) is 7.10. The van der Waals surface area contributed by atoms with E-state index in [1.807, 2.05) is 0 Å². The summed E-state index contributed by atoms with van der Waals surface area (Å²) in [4.78, 5) is 44.1. The molecule has 3 aromatic rings. The largest absolute Gasteiger partial charge is 0.436 e. The van der Waals surface area contributed by atoms with Crippen molar-refractivity contribution in [3.8, 4) is 11.6 Å². The second kappa shape index (κ2) is 9.41. The summed E-state index contributed by atoms with van der Waals surface area (Å²) in [5.74, 6) is -5.16. The zero-order valence-electron chi connectivity index (χ0n) is 18.2. The number of nitrogens with one attached hydrogen (secondary N) is 3. The van der Waals surface area contributed by atoms with E-state index in [0.29, 0.717) is 17.8 Å². The van der Waals surface area contributed by atoms with E-state index < -0.39 is 52.0 Å². The predicted octanol–water partition coefficient (Wildman–Crippen LogP) is 4.00. The lowest BCUT2D eigenvalue weighted by Gasteiger charge is -2.16. The SMILES string of the molecule is CC(=O)Nc1nccc(Oc2cc(F)c(NC(=O)C3(C(=O)Nc4ccc(F)cc4)CC3)cc2F)n1. The molecule has 9 nitrogen and oxygen atoms in total. The van der Waals surface area contributed by atoms with Crippen molar-refractivity contribution in [2.45, 2.75) is 19.8 Å². The van der Waals surface area contributed by atoms with Crippen LogP contribution < -0.4 is 20.7 Å². The molecule has 1 heterocycles. The molecule has 0 saturated heterocycles. The average Bonchev–Trinajstić information content (AvgIpc) is 3.61. The number of carbonyl (C=O) groups is 3. The molecule has 35 heavy (non-hydrogen) atoms. The van der Waals surface area contributed by atoms with Gasteiger partial charge in [0.15, 0.2) is 17.4 Å². The summed E-state index contributed by atoms with van der Waals surface area (Å²) in [6, 6.07) is 7.68. The average molecular weight is 485 g/mol. The van der Waals surface area contributed by atoms with Crippen LogP contribution in [0.15, 0.2) is 48.7 Å². The van der Waals surface area contributed by atoms with E-state index in [2.05, 4.69) is 25.9 Å². The number of halogens is 3. The van der Waals surface area contributed by atoms with Crippen molar-refractivity contribution < 1.29 is 32.3 Å². The number of anilines is 3. The van der Waals surface area contributed by atoms with Crippen LogP contribution in [0.1, 0.15) is 19.8 Å². The molecule has 2 aromatic carbocycles. The van der Waals surface area contributed by atoms with Crippen molar-refractivity contribution in [3.63, 3.8) is 0 Å². The summed E-state index contributed by atoms with van der Waals surface area (Å²) in [6.45, 7) is 1.25. The standard InChI is InChI=1S/C23H18F3N5O4/c1-12(32)28-22-27-9-6-19(31-22)35-18-11-15(25)17(10-16(18)26)30-21(34)23(7-8-23)20(33)29-14-4-2-13(24)3-5-14/h2-6,9-11H,7-8H2,1H3,(H,29,33)(H,30,34)(H,27,28,31,32). The van der Waals surface area contributed by atoms with Gasteiger partial charge in [0, 0.05) is 37.0 Å². The number of nitrogens with zero attached hydrogens (tertiary/aromatic N) is 2. The van der Waals surface area contributed by atoms with Crippen LogP contribution in [0.4, 0.5) is 30.5 Å². The molecule has 1 aliphatic carbocycles. The topological polar surface area (TPSA) is 122 Å². The van der Waals surface area contributed by atoms with Gasteiger partial charge < -0.3 is 15.4 Å². The lowest BCUT2D eigenvalue weighted by molar-refractivity contribution is -0.131. The normalized spacial score (nSPS) is 13.5. The molecule has 180 valence electrons. The number of benzene rings is 2. The highest BCUT2D eigenvalue weighted by atomic mass is 19.1. The highest BCUT2D eigenvalue weighted by Crippen LogP contribution is 2.47. The summed E-state index contributed by atoms with van der Waals surface area (Å²) in [7, 11) is 0. The van der Waals surface area contributed by atoms with Crippen LogP contribution in [-0.2, 0) is 14.4 Å². The summed E-state index contributed by atoms with van der Waals surface area (Å²) in [6.07, 6.45) is 1.67. The van der Waals surface area contributed by atoms with Gasteiger partial charge in [-0.2, -0.15) is 4.98 Å². The summed E-state index contributed by atoms with van der Waals surface area (Å²) < 4.78 is 47.5. The van der Waals surface area contributed by atoms with E-state index in [1.54, 1.807) is 0 Å². The van der Waals surface area contributed by atoms with E-state index in [-0.39, 0.29) is 24.7 Å². The Morgan fingerprint density at radius 3 is 2.26 bits per heavy atom. The Morgan fingerprint density at radius 2 is 1.60 bits per heavy atom. The van der Waals surface area contributed by atoms with Crippen LogP contribution in [0, 0.1) is 22.9 Å². The third kappa shape index (κ3) is 5.37. The monoisotopic (exact) mass is 485 g/mol. The number of hydrogen-bond donors (Lipinski definition) is 3. The Hall–Kier alpha value is -4.48. The van der Waals surface area contributed by atoms with Crippen LogP contribution >= 0.6 is 0 Å². The van der Waals surface area contributed by atoms with Crippen molar-refractivity contribution in [3.05, 3.63) is 66.1 Å². The molecule has 1 aliphatic rings. The van der Waals surface area contributed by atoms with Crippen LogP contribution in [0.25, 0.3) is 0 Å². The zero-order chi connectivity index (χ0) is 25.2. The van der Waals surface area contributed by atoms with Crippen molar-refractivity contribution >= 4 is 35.0 Å². The molecule has 1 fully saturated rings. The summed E-state index contributed by atoms with van der Waals surface area (Å²) in [5.41, 5.74) is -1.64. The van der Waals surface area contributed by atoms with Crippen LogP contribution in [0.3, 0.4) is 0 Å². The van der Waals surface area contributed by atoms with Crippen LogP contribution in [0.5, 0.6) is 11.6 Å². The molecule has 0 atom stereocenters. The van der Waals surface area contributed by atoms with Crippen molar-refractivity contribution in [1.29, 1.82) is 0 Å². The van der Waals surface area contributed by atoms with E-state index in [1.165, 1.54) is 31.3 Å². The molecule has 1 saturated carbocycles. The van der Waals surface area contributed by atoms with Gasteiger partial charge in [0.25, 0.3) is 0 Å². The smallest absolute Gasteiger partial charge is 0.240 e. The number of hydrogen-bond acceptors (Lipinski definition) is 6. The van der Waals surface area contributed by atoms with Gasteiger partial charge in [0.05, 0.1) is 5.69 Å². The van der Waals surface area contributed by atoms with Gasteiger partial charge in [-0.05, 0) is 37.1 Å². The van der Waals surface area contributed by atoms with Crippen LogP contribution in [0.2, 0.25) is 0 Å². The Kier molecular flexibility index (Phi) is 6.36. The second-order valence-corrected chi connectivity index (χ2v) is 7.76. The Morgan fingerprint density at radius 1 is 0.914 bits per heavy atom. The number of carbonyl (C=O) groups excluding carboxylic acids is 3. The highest BCUT2D eigenvalue weighted by molar-refractivity contribution is 6.16. The minimum Gasteiger partial charge on any atom is -0.436 e. The Bertz CT molecular complexity index is 1310. The maximum absolute atomic E-state index is 14.7. The van der Waals surface area contributed by atoms with Gasteiger partial charge >= 0.3 is 0 Å². The molecule has 0 aliphatic heterocycles. The third-order valence-electron chi connectivity index (χ3n) is 5.12. The maximum atomic E-state index is 14.7. The molecule has 3 N–H and O–H groups in total. The first-order valence-electron chi connectivity index (χ1n) is 10.3. The summed E-state index contributed by atoms with van der Waals surface area (Å²) >= 11 is 0. The molecule has 3 amide bonds. The fourth-order valence-corrected chi connectivity index (χ4v) is 3.14. The van der Waals surface area contributed by atoms with Crippen molar-refractivity contribution in [2.75, 3.05) is 16.0 Å². The molecule has 12 heteroatoms. The molecule has 0 bridgehead atoms. The quantitative estimate of drug-likeness (QED) is 0.435. The van der Waals surface area contributed by atoms with Gasteiger partial charge in [-0.15, -0.1) is 0 Å². The molecule has 0 unspecified atom stereocenters. The minimum absolute atomic E-state index is 0.0894. The molecule has 0 spiro atoms. The second-order valence-electron chi connectivity index (χ2n) is 7.76. The van der Waals surface area contributed by atoms with Gasteiger partial charge in [-0.1, -0.05) is 0 Å². The fraction of sp³-hybridized carbons (Fsp3) is 0.174. The van der Waals surface area contributed by atoms with Crippen molar-refractivity contribution in [1.82, 2.24) is 9.97 Å².